The minimum Gasteiger partial charge on any atom is -0.476 e. The Morgan fingerprint density at radius 3 is 2.32 bits per heavy atom. The van der Waals surface area contributed by atoms with Gasteiger partial charge in [-0.2, -0.15) is 13.2 Å². The molecular weight excluding hydrogens is 540 g/mol. The van der Waals surface area contributed by atoms with Crippen molar-refractivity contribution in [2.75, 3.05) is 4.90 Å². The van der Waals surface area contributed by atoms with Crippen LogP contribution in [0.3, 0.4) is 0 Å². The van der Waals surface area contributed by atoms with Gasteiger partial charge in [0.25, 0.3) is 5.91 Å². The summed E-state index contributed by atoms with van der Waals surface area (Å²) in [5, 5.41) is 7.40. The molecular formula is C23H25ClF4N4O4S. The largest absolute Gasteiger partial charge is 0.476 e. The molecule has 1 aromatic carbocycles. The zero-order valence-corrected chi connectivity index (χ0v) is 21.4. The fraction of sp³-hybridized carbons (Fsp3) is 0.478. The molecule has 1 aromatic heterocycles. The maximum Gasteiger partial charge on any atom is 0.420 e. The van der Waals surface area contributed by atoms with Crippen molar-refractivity contribution in [1.29, 1.82) is 0 Å². The molecule has 8 nitrogen and oxygen atoms in total. The standard InChI is InChI=1S/C23H25ClF4N4O4S/c1-22(2,36-20-17(23(26,27)28)7-12(25)8-18(20)24)21(33)31-13-9-14-3-4-15(10-13)32(14)19-6-5-16(11-30-19)37(29,34)35/h5-8,11,13-15H,3-4,9-10H2,1-2H3,(H,31,33)(H2,29,34,35)/t13?,14-,15+. The zero-order valence-electron chi connectivity index (χ0n) is 19.9. The molecule has 0 saturated carbocycles. The molecule has 2 saturated heterocycles. The molecule has 1 unspecified atom stereocenters. The number of pyridine rings is 1. The number of nitrogens with two attached hydrogens (primary N) is 1. The van der Waals surface area contributed by atoms with Crippen LogP contribution in [-0.4, -0.2) is 43.0 Å². The van der Waals surface area contributed by atoms with Crippen molar-refractivity contribution in [3.8, 4) is 5.75 Å². The van der Waals surface area contributed by atoms with Gasteiger partial charge in [-0.15, -0.1) is 0 Å². The molecule has 0 spiro atoms. The van der Waals surface area contributed by atoms with E-state index in [1.807, 2.05) is 0 Å². The number of sulfonamides is 1. The van der Waals surface area contributed by atoms with E-state index in [1.165, 1.54) is 26.1 Å². The number of nitrogens with zero attached hydrogens (tertiary/aromatic N) is 2. The Morgan fingerprint density at radius 1 is 1.19 bits per heavy atom. The van der Waals surface area contributed by atoms with Crippen LogP contribution in [0.1, 0.15) is 45.1 Å². The van der Waals surface area contributed by atoms with Crippen LogP contribution in [0.4, 0.5) is 23.4 Å². The summed E-state index contributed by atoms with van der Waals surface area (Å²) in [5.74, 6) is -2.05. The monoisotopic (exact) mass is 564 g/mol. The smallest absolute Gasteiger partial charge is 0.420 e. The summed E-state index contributed by atoms with van der Waals surface area (Å²) in [6.07, 6.45) is -0.997. The lowest BCUT2D eigenvalue weighted by molar-refractivity contribution is -0.144. The molecule has 0 aliphatic carbocycles. The zero-order chi connectivity index (χ0) is 27.3. The van der Waals surface area contributed by atoms with Crippen molar-refractivity contribution in [2.24, 2.45) is 5.14 Å². The van der Waals surface area contributed by atoms with Gasteiger partial charge in [0, 0.05) is 24.3 Å². The Kier molecular flexibility index (Phi) is 7.10. The Hall–Kier alpha value is -2.64. The van der Waals surface area contributed by atoms with Crippen LogP contribution < -0.4 is 20.1 Å². The Morgan fingerprint density at radius 2 is 1.81 bits per heavy atom. The van der Waals surface area contributed by atoms with E-state index in [9.17, 15) is 30.8 Å². The SMILES string of the molecule is CC(C)(Oc1c(Cl)cc(F)cc1C(F)(F)F)C(=O)NC1C[C@H]2CC[C@@H](C1)N2c1ccc(S(N)(=O)=O)cn1. The number of carbonyl (C=O) groups excluding carboxylic acids is 1. The summed E-state index contributed by atoms with van der Waals surface area (Å²) in [6.45, 7) is 2.62. The van der Waals surface area contributed by atoms with Crippen LogP contribution in [0.15, 0.2) is 35.4 Å². The van der Waals surface area contributed by atoms with Gasteiger partial charge in [0.05, 0.1) is 5.02 Å². The summed E-state index contributed by atoms with van der Waals surface area (Å²) in [4.78, 5) is 19.3. The molecule has 3 heterocycles. The van der Waals surface area contributed by atoms with Crippen LogP contribution in [0.5, 0.6) is 5.75 Å². The van der Waals surface area contributed by atoms with Gasteiger partial charge in [-0.25, -0.2) is 22.9 Å². The van der Waals surface area contributed by atoms with Gasteiger partial charge in [-0.3, -0.25) is 4.79 Å². The number of ether oxygens (including phenoxy) is 1. The molecule has 3 N–H and O–H groups in total. The van der Waals surface area contributed by atoms with Crippen LogP contribution in [-0.2, 0) is 21.0 Å². The van der Waals surface area contributed by atoms with Crippen molar-refractivity contribution < 1.29 is 35.5 Å². The van der Waals surface area contributed by atoms with Crippen LogP contribution in [0.2, 0.25) is 5.02 Å². The van der Waals surface area contributed by atoms with Crippen LogP contribution in [0, 0.1) is 5.82 Å². The Labute approximate surface area is 216 Å². The maximum atomic E-state index is 13.6. The highest BCUT2D eigenvalue weighted by molar-refractivity contribution is 7.89. The number of anilines is 1. The van der Waals surface area contributed by atoms with Crippen molar-refractivity contribution in [2.45, 2.75) is 74.3 Å². The number of piperidine rings is 1. The fourth-order valence-corrected chi connectivity index (χ4v) is 5.60. The Balaban J connectivity index is 1.46. The minimum atomic E-state index is -4.94. The van der Waals surface area contributed by atoms with Gasteiger partial charge >= 0.3 is 6.18 Å². The number of benzene rings is 1. The van der Waals surface area contributed by atoms with E-state index in [4.69, 9.17) is 21.5 Å². The van der Waals surface area contributed by atoms with Gasteiger partial charge < -0.3 is 15.0 Å². The number of carbonyl (C=O) groups is 1. The molecule has 2 aromatic rings. The second-order valence-corrected chi connectivity index (χ2v) is 11.7. The molecule has 202 valence electrons. The summed E-state index contributed by atoms with van der Waals surface area (Å²) in [5.41, 5.74) is -3.16. The van der Waals surface area contributed by atoms with Crippen molar-refractivity contribution in [3.63, 3.8) is 0 Å². The molecule has 14 heteroatoms. The number of fused-ring (bicyclic) bond motifs is 2. The predicted octanol–water partition coefficient (Wildman–Crippen LogP) is 4.01. The van der Waals surface area contributed by atoms with Crippen molar-refractivity contribution in [1.82, 2.24) is 10.3 Å². The van der Waals surface area contributed by atoms with Gasteiger partial charge in [-0.1, -0.05) is 11.6 Å². The van der Waals surface area contributed by atoms with E-state index in [1.54, 1.807) is 6.07 Å². The van der Waals surface area contributed by atoms with Gasteiger partial charge in [0.15, 0.2) is 11.4 Å². The number of rotatable bonds is 6. The number of primary sulfonamides is 1. The number of alkyl halides is 3. The van der Waals surface area contributed by atoms with E-state index in [2.05, 4.69) is 15.2 Å². The van der Waals surface area contributed by atoms with Crippen LogP contribution >= 0.6 is 11.6 Å². The average Bonchev–Trinajstić information content (AvgIpc) is 3.04. The third kappa shape index (κ3) is 5.78. The molecule has 37 heavy (non-hydrogen) atoms. The van der Waals surface area contributed by atoms with E-state index in [-0.39, 0.29) is 29.1 Å². The number of hydrogen-bond donors (Lipinski definition) is 2. The third-order valence-electron chi connectivity index (χ3n) is 6.60. The summed E-state index contributed by atoms with van der Waals surface area (Å²) in [6, 6.07) is 3.70. The first-order valence-corrected chi connectivity index (χ1v) is 13.3. The molecule has 3 atom stereocenters. The second kappa shape index (κ2) is 9.59. The minimum absolute atomic E-state index is 0.0179. The highest BCUT2D eigenvalue weighted by Gasteiger charge is 2.44. The fourth-order valence-electron chi connectivity index (χ4n) is 4.90. The molecule has 2 bridgehead atoms. The molecule has 2 fully saturated rings. The summed E-state index contributed by atoms with van der Waals surface area (Å²) in [7, 11) is -3.87. The predicted molar refractivity (Wildman–Crippen MR) is 127 cm³/mol. The third-order valence-corrected chi connectivity index (χ3v) is 7.78. The normalized spacial score (nSPS) is 22.2. The number of amides is 1. The lowest BCUT2D eigenvalue weighted by Gasteiger charge is -2.41. The maximum absolute atomic E-state index is 13.6. The van der Waals surface area contributed by atoms with Crippen LogP contribution in [0.25, 0.3) is 0 Å². The summed E-state index contributed by atoms with van der Waals surface area (Å²) >= 11 is 5.85. The highest BCUT2D eigenvalue weighted by atomic mass is 35.5. The van der Waals surface area contributed by atoms with Crippen molar-refractivity contribution in [3.05, 3.63) is 46.9 Å². The molecule has 2 aliphatic rings. The number of hydrogen-bond acceptors (Lipinski definition) is 6. The van der Waals surface area contributed by atoms with Gasteiger partial charge in [0.2, 0.25) is 10.0 Å². The topological polar surface area (TPSA) is 115 Å². The molecule has 2 aliphatic heterocycles. The first kappa shape index (κ1) is 27.4. The number of aromatic nitrogens is 1. The first-order valence-electron chi connectivity index (χ1n) is 11.4. The van der Waals surface area contributed by atoms with Crippen molar-refractivity contribution >= 4 is 33.3 Å². The number of halogens is 5. The average molecular weight is 565 g/mol. The van der Waals surface area contributed by atoms with E-state index in [0.717, 1.165) is 12.8 Å². The highest BCUT2D eigenvalue weighted by Crippen LogP contribution is 2.43. The lowest BCUT2D eigenvalue weighted by Crippen LogP contribution is -2.55. The van der Waals surface area contributed by atoms with E-state index >= 15 is 0 Å². The first-order chi connectivity index (χ1) is 17.1. The van der Waals surface area contributed by atoms with Gasteiger partial charge in [0.1, 0.15) is 22.1 Å². The second-order valence-electron chi connectivity index (χ2n) is 9.71. The molecule has 4 rings (SSSR count). The Bertz CT molecular complexity index is 1290. The summed E-state index contributed by atoms with van der Waals surface area (Å²) < 4.78 is 82.4. The molecule has 1 amide bonds. The van der Waals surface area contributed by atoms with E-state index in [0.29, 0.717) is 24.7 Å². The molecule has 0 radical (unpaired) electrons. The lowest BCUT2D eigenvalue weighted by atomic mass is 9.96. The van der Waals surface area contributed by atoms with Gasteiger partial charge in [-0.05, 0) is 63.8 Å². The quantitative estimate of drug-likeness (QED) is 0.512. The van der Waals surface area contributed by atoms with E-state index < -0.39 is 49.9 Å². The number of nitrogens with one attached hydrogen (secondary N) is 1.